The van der Waals surface area contributed by atoms with Gasteiger partial charge in [-0.05, 0) is 24.6 Å². The summed E-state index contributed by atoms with van der Waals surface area (Å²) in [5, 5.41) is 12.1. The Balaban J connectivity index is 1.96. The first-order chi connectivity index (χ1) is 8.16. The number of hydrogen-bond acceptors (Lipinski definition) is 4. The van der Waals surface area contributed by atoms with Crippen LogP contribution in [0.1, 0.15) is 16.8 Å². The van der Waals surface area contributed by atoms with Crippen LogP contribution in [0, 0.1) is 5.92 Å². The van der Waals surface area contributed by atoms with E-state index in [4.69, 9.17) is 10.5 Å². The van der Waals surface area contributed by atoms with E-state index < -0.39 is 0 Å². The molecular weight excluding hydrogens is 220 g/mol. The van der Waals surface area contributed by atoms with Crippen molar-refractivity contribution in [3.63, 3.8) is 0 Å². The molecule has 92 valence electrons. The van der Waals surface area contributed by atoms with E-state index in [-0.39, 0.29) is 11.7 Å². The van der Waals surface area contributed by atoms with E-state index in [9.17, 15) is 9.90 Å². The average Bonchev–Trinajstić information content (AvgIpc) is 2.82. The van der Waals surface area contributed by atoms with Crippen LogP contribution >= 0.6 is 0 Å². The standard InChI is InChI=1S/C12H16N2O3/c13-11-2-1-9(15)5-10(11)12(16)14-6-8-3-4-17-7-8/h1-2,5,8,15H,3-4,6-7,13H2,(H,14,16). The second-order valence-electron chi connectivity index (χ2n) is 4.21. The van der Waals surface area contributed by atoms with Crippen LogP contribution < -0.4 is 11.1 Å². The molecule has 1 aromatic rings. The fraction of sp³-hybridized carbons (Fsp3) is 0.417. The number of nitrogens with two attached hydrogens (primary N) is 1. The van der Waals surface area contributed by atoms with Crippen molar-refractivity contribution in [1.82, 2.24) is 5.32 Å². The number of aromatic hydroxyl groups is 1. The van der Waals surface area contributed by atoms with E-state index in [1.165, 1.54) is 18.2 Å². The summed E-state index contributed by atoms with van der Waals surface area (Å²) in [5.41, 5.74) is 6.35. The van der Waals surface area contributed by atoms with Crippen LogP contribution in [-0.2, 0) is 4.74 Å². The van der Waals surface area contributed by atoms with Gasteiger partial charge in [-0.25, -0.2) is 0 Å². The fourth-order valence-corrected chi connectivity index (χ4v) is 1.82. The first-order valence-corrected chi connectivity index (χ1v) is 5.61. The van der Waals surface area contributed by atoms with Crippen molar-refractivity contribution >= 4 is 11.6 Å². The van der Waals surface area contributed by atoms with E-state index in [0.29, 0.717) is 30.3 Å². The number of benzene rings is 1. The molecule has 0 spiro atoms. The third kappa shape index (κ3) is 2.88. The van der Waals surface area contributed by atoms with Crippen LogP contribution in [-0.4, -0.2) is 30.8 Å². The van der Waals surface area contributed by atoms with Gasteiger partial charge in [0.15, 0.2) is 0 Å². The summed E-state index contributed by atoms with van der Waals surface area (Å²) in [6.45, 7) is 2.03. The number of ether oxygens (including phenoxy) is 1. The van der Waals surface area contributed by atoms with Gasteiger partial charge >= 0.3 is 0 Å². The zero-order chi connectivity index (χ0) is 12.3. The summed E-state index contributed by atoms with van der Waals surface area (Å²) >= 11 is 0. The highest BCUT2D eigenvalue weighted by Crippen LogP contribution is 2.18. The molecule has 0 saturated carbocycles. The van der Waals surface area contributed by atoms with Gasteiger partial charge in [0.05, 0.1) is 12.2 Å². The molecule has 1 saturated heterocycles. The number of anilines is 1. The molecule has 0 aliphatic carbocycles. The SMILES string of the molecule is Nc1ccc(O)cc1C(=O)NCC1CCOC1. The summed E-state index contributed by atoms with van der Waals surface area (Å²) in [6, 6.07) is 4.34. The van der Waals surface area contributed by atoms with E-state index in [1.54, 1.807) is 0 Å². The number of rotatable bonds is 3. The van der Waals surface area contributed by atoms with E-state index >= 15 is 0 Å². The van der Waals surface area contributed by atoms with E-state index in [2.05, 4.69) is 5.32 Å². The second kappa shape index (κ2) is 5.05. The zero-order valence-electron chi connectivity index (χ0n) is 9.48. The quantitative estimate of drug-likeness (QED) is 0.534. The molecule has 1 amide bonds. The first-order valence-electron chi connectivity index (χ1n) is 5.61. The Hall–Kier alpha value is -1.75. The van der Waals surface area contributed by atoms with Crippen LogP contribution in [0.2, 0.25) is 0 Å². The van der Waals surface area contributed by atoms with Crippen molar-refractivity contribution in [3.05, 3.63) is 23.8 Å². The Labute approximate surface area is 99.6 Å². The number of hydrogen-bond donors (Lipinski definition) is 3. The highest BCUT2D eigenvalue weighted by molar-refractivity contribution is 5.99. The van der Waals surface area contributed by atoms with Crippen LogP contribution in [0.15, 0.2) is 18.2 Å². The van der Waals surface area contributed by atoms with Crippen LogP contribution in [0.5, 0.6) is 5.75 Å². The van der Waals surface area contributed by atoms with Crippen LogP contribution in [0.3, 0.4) is 0 Å². The summed E-state index contributed by atoms with van der Waals surface area (Å²) in [7, 11) is 0. The Morgan fingerprint density at radius 2 is 2.41 bits per heavy atom. The lowest BCUT2D eigenvalue weighted by atomic mass is 10.1. The Kier molecular flexibility index (Phi) is 3.49. The van der Waals surface area contributed by atoms with Gasteiger partial charge in [0, 0.05) is 24.8 Å². The minimum atomic E-state index is -0.259. The Bertz CT molecular complexity index is 414. The minimum Gasteiger partial charge on any atom is -0.508 e. The number of carbonyl (C=O) groups excluding carboxylic acids is 1. The maximum absolute atomic E-state index is 11.8. The van der Waals surface area contributed by atoms with Gasteiger partial charge in [-0.15, -0.1) is 0 Å². The van der Waals surface area contributed by atoms with Crippen molar-refractivity contribution < 1.29 is 14.6 Å². The predicted octanol–water partition coefficient (Wildman–Crippen LogP) is 0.741. The highest BCUT2D eigenvalue weighted by atomic mass is 16.5. The molecule has 0 aromatic heterocycles. The molecule has 1 aliphatic heterocycles. The van der Waals surface area contributed by atoms with Gasteiger partial charge in [0.1, 0.15) is 5.75 Å². The second-order valence-corrected chi connectivity index (χ2v) is 4.21. The zero-order valence-corrected chi connectivity index (χ0v) is 9.48. The molecule has 1 heterocycles. The van der Waals surface area contributed by atoms with Gasteiger partial charge in [0.25, 0.3) is 5.91 Å². The van der Waals surface area contributed by atoms with Crippen molar-refractivity contribution in [2.24, 2.45) is 5.92 Å². The molecule has 4 N–H and O–H groups in total. The third-order valence-corrected chi connectivity index (χ3v) is 2.86. The minimum absolute atomic E-state index is 0.0357. The largest absolute Gasteiger partial charge is 0.508 e. The molecule has 2 rings (SSSR count). The third-order valence-electron chi connectivity index (χ3n) is 2.86. The molecule has 5 heteroatoms. The smallest absolute Gasteiger partial charge is 0.253 e. The van der Waals surface area contributed by atoms with E-state index in [1.807, 2.05) is 0 Å². The van der Waals surface area contributed by atoms with Gasteiger partial charge in [0.2, 0.25) is 0 Å². The van der Waals surface area contributed by atoms with Gasteiger partial charge in [-0.1, -0.05) is 0 Å². The molecule has 0 radical (unpaired) electrons. The number of phenolic OH excluding ortho intramolecular Hbond substituents is 1. The van der Waals surface area contributed by atoms with Gasteiger partial charge in [-0.3, -0.25) is 4.79 Å². The average molecular weight is 236 g/mol. The number of phenols is 1. The topological polar surface area (TPSA) is 84.6 Å². The summed E-state index contributed by atoms with van der Waals surface area (Å²) < 4.78 is 5.22. The molecule has 1 fully saturated rings. The Morgan fingerprint density at radius 1 is 1.59 bits per heavy atom. The predicted molar refractivity (Wildman–Crippen MR) is 63.8 cm³/mol. The monoisotopic (exact) mass is 236 g/mol. The van der Waals surface area contributed by atoms with Crippen molar-refractivity contribution in [1.29, 1.82) is 0 Å². The maximum atomic E-state index is 11.8. The van der Waals surface area contributed by atoms with Crippen molar-refractivity contribution in [2.45, 2.75) is 6.42 Å². The molecule has 0 bridgehead atoms. The number of carbonyl (C=O) groups is 1. The fourth-order valence-electron chi connectivity index (χ4n) is 1.82. The van der Waals surface area contributed by atoms with Crippen molar-refractivity contribution in [3.8, 4) is 5.75 Å². The molecule has 1 atom stereocenters. The lowest BCUT2D eigenvalue weighted by Gasteiger charge is -2.11. The van der Waals surface area contributed by atoms with Crippen molar-refractivity contribution in [2.75, 3.05) is 25.5 Å². The number of nitrogen functional groups attached to an aromatic ring is 1. The summed E-state index contributed by atoms with van der Waals surface area (Å²) in [4.78, 5) is 11.8. The molecule has 17 heavy (non-hydrogen) atoms. The van der Waals surface area contributed by atoms with Gasteiger partial charge < -0.3 is 20.9 Å². The van der Waals surface area contributed by atoms with Crippen LogP contribution in [0.25, 0.3) is 0 Å². The molecular formula is C12H16N2O3. The molecule has 1 unspecified atom stereocenters. The first kappa shape index (κ1) is 11.7. The van der Waals surface area contributed by atoms with Crippen LogP contribution in [0.4, 0.5) is 5.69 Å². The molecule has 5 nitrogen and oxygen atoms in total. The normalized spacial score (nSPS) is 19.2. The Morgan fingerprint density at radius 3 is 3.12 bits per heavy atom. The molecule has 1 aliphatic rings. The summed E-state index contributed by atoms with van der Waals surface area (Å²) in [6.07, 6.45) is 0.968. The lowest BCUT2D eigenvalue weighted by Crippen LogP contribution is -2.30. The number of nitrogens with one attached hydrogen (secondary N) is 1. The highest BCUT2D eigenvalue weighted by Gasteiger charge is 2.17. The lowest BCUT2D eigenvalue weighted by molar-refractivity contribution is 0.0945. The number of amides is 1. The van der Waals surface area contributed by atoms with E-state index in [0.717, 1.165) is 13.0 Å². The molecule has 1 aromatic carbocycles. The van der Waals surface area contributed by atoms with Gasteiger partial charge in [-0.2, -0.15) is 0 Å². The maximum Gasteiger partial charge on any atom is 0.253 e. The summed E-state index contributed by atoms with van der Waals surface area (Å²) in [5.74, 6) is 0.149.